The predicted octanol–water partition coefficient (Wildman–Crippen LogP) is 1.77. The van der Waals surface area contributed by atoms with Gasteiger partial charge in [0.05, 0.1) is 13.2 Å². The number of ether oxygens (including phenoxy) is 1. The Labute approximate surface area is 196 Å². The van der Waals surface area contributed by atoms with Crippen molar-refractivity contribution in [3.05, 3.63) is 71.3 Å². The van der Waals surface area contributed by atoms with Gasteiger partial charge in [-0.2, -0.15) is 0 Å². The second kappa shape index (κ2) is 10.5. The molecule has 2 amide bonds. The van der Waals surface area contributed by atoms with Crippen LogP contribution in [-0.2, 0) is 11.8 Å². The SMILES string of the molecule is CN1/C=C\C/C(NC(=O)c2c(C(=O)N3CCOCC3)n(F)n2C)=C\C=NC(c2ccccc2)N1. The van der Waals surface area contributed by atoms with E-state index in [4.69, 9.17) is 4.74 Å². The zero-order valence-electron chi connectivity index (χ0n) is 19.1. The van der Waals surface area contributed by atoms with Gasteiger partial charge in [0.25, 0.3) is 11.8 Å². The molecule has 0 bridgehead atoms. The van der Waals surface area contributed by atoms with Crippen molar-refractivity contribution < 1.29 is 18.8 Å². The Morgan fingerprint density at radius 3 is 2.62 bits per heavy atom. The van der Waals surface area contributed by atoms with Gasteiger partial charge in [0.2, 0.25) is 0 Å². The first-order valence-corrected chi connectivity index (χ1v) is 11.0. The molecule has 1 unspecified atom stereocenters. The Kier molecular flexibility index (Phi) is 7.24. The maximum Gasteiger partial charge on any atom is 0.277 e. The molecule has 10 nitrogen and oxygen atoms in total. The Hall–Kier alpha value is -3.70. The Morgan fingerprint density at radius 2 is 1.88 bits per heavy atom. The second-order valence-electron chi connectivity index (χ2n) is 7.97. The summed E-state index contributed by atoms with van der Waals surface area (Å²) in [6.45, 7) is 1.47. The quantitative estimate of drug-likeness (QED) is 0.712. The second-order valence-corrected chi connectivity index (χ2v) is 7.97. The fourth-order valence-electron chi connectivity index (χ4n) is 3.77. The van der Waals surface area contributed by atoms with E-state index in [1.54, 1.807) is 17.3 Å². The molecule has 1 atom stereocenters. The first kappa shape index (κ1) is 23.5. The number of hydrogen-bond donors (Lipinski definition) is 2. The zero-order valence-corrected chi connectivity index (χ0v) is 19.1. The molecule has 1 fully saturated rings. The molecule has 34 heavy (non-hydrogen) atoms. The lowest BCUT2D eigenvalue weighted by atomic mass is 10.2. The Balaban J connectivity index is 1.53. The summed E-state index contributed by atoms with van der Waals surface area (Å²) in [6.07, 6.45) is 7.11. The molecule has 180 valence electrons. The number of carbonyl (C=O) groups excluding carboxylic acids is 2. The first-order valence-electron chi connectivity index (χ1n) is 11.0. The van der Waals surface area contributed by atoms with Crippen molar-refractivity contribution in [2.45, 2.75) is 12.6 Å². The van der Waals surface area contributed by atoms with E-state index in [2.05, 4.69) is 15.7 Å². The van der Waals surface area contributed by atoms with Gasteiger partial charge in [-0.15, -0.1) is 4.90 Å². The first-order chi connectivity index (χ1) is 16.5. The fraction of sp³-hybridized carbons (Fsp3) is 0.348. The third-order valence-electron chi connectivity index (χ3n) is 5.60. The van der Waals surface area contributed by atoms with E-state index in [-0.39, 0.29) is 22.5 Å². The minimum atomic E-state index is -0.566. The van der Waals surface area contributed by atoms with E-state index in [0.717, 1.165) is 10.2 Å². The maximum atomic E-state index is 14.4. The average Bonchev–Trinajstić information content (AvgIpc) is 2.86. The highest BCUT2D eigenvalue weighted by atomic mass is 19.2. The molecular weight excluding hydrogens is 441 g/mol. The van der Waals surface area contributed by atoms with E-state index < -0.39 is 11.8 Å². The number of nitrogens with one attached hydrogen (secondary N) is 2. The zero-order chi connectivity index (χ0) is 24.1. The van der Waals surface area contributed by atoms with Gasteiger partial charge in [-0.25, -0.2) is 5.43 Å². The maximum absolute atomic E-state index is 14.4. The molecule has 0 spiro atoms. The summed E-state index contributed by atoms with van der Waals surface area (Å²) in [5.41, 5.74) is 4.51. The van der Waals surface area contributed by atoms with Crippen LogP contribution in [-0.4, -0.2) is 70.9 Å². The molecule has 0 aliphatic carbocycles. The van der Waals surface area contributed by atoms with Gasteiger partial charge in [-0.1, -0.05) is 40.9 Å². The molecule has 2 aromatic rings. The van der Waals surface area contributed by atoms with Crippen LogP contribution in [0.2, 0.25) is 0 Å². The number of amides is 2. The van der Waals surface area contributed by atoms with Gasteiger partial charge in [0.15, 0.2) is 11.4 Å². The van der Waals surface area contributed by atoms with Crippen LogP contribution in [0.5, 0.6) is 0 Å². The third-order valence-corrected chi connectivity index (χ3v) is 5.60. The Morgan fingerprint density at radius 1 is 1.15 bits per heavy atom. The van der Waals surface area contributed by atoms with Gasteiger partial charge >= 0.3 is 0 Å². The van der Waals surface area contributed by atoms with Crippen molar-refractivity contribution in [2.24, 2.45) is 12.0 Å². The van der Waals surface area contributed by atoms with Gasteiger partial charge in [-0.3, -0.25) is 19.3 Å². The van der Waals surface area contributed by atoms with Crippen LogP contribution >= 0.6 is 0 Å². The normalized spacial score (nSPS) is 21.6. The van der Waals surface area contributed by atoms with Crippen molar-refractivity contribution in [1.29, 1.82) is 0 Å². The highest BCUT2D eigenvalue weighted by Crippen LogP contribution is 2.19. The lowest BCUT2D eigenvalue weighted by Gasteiger charge is -2.30. The lowest BCUT2D eigenvalue weighted by Crippen LogP contribution is -2.46. The molecule has 2 aliphatic rings. The van der Waals surface area contributed by atoms with E-state index in [1.807, 2.05) is 49.7 Å². The smallest absolute Gasteiger partial charge is 0.277 e. The predicted molar refractivity (Wildman–Crippen MR) is 125 cm³/mol. The molecule has 0 radical (unpaired) electrons. The summed E-state index contributed by atoms with van der Waals surface area (Å²) in [7, 11) is 3.25. The number of allylic oxidation sites excluding steroid dienone is 2. The number of aromatic nitrogens is 2. The van der Waals surface area contributed by atoms with Gasteiger partial charge < -0.3 is 20.0 Å². The van der Waals surface area contributed by atoms with Crippen molar-refractivity contribution >= 4 is 18.0 Å². The van der Waals surface area contributed by atoms with Crippen LogP contribution in [0.25, 0.3) is 0 Å². The van der Waals surface area contributed by atoms with Gasteiger partial charge in [0, 0.05) is 51.7 Å². The largest absolute Gasteiger partial charge is 0.378 e. The van der Waals surface area contributed by atoms with Crippen molar-refractivity contribution in [3.63, 3.8) is 0 Å². The van der Waals surface area contributed by atoms with E-state index >= 15 is 0 Å². The minimum absolute atomic E-state index is 0.0288. The number of halogens is 1. The highest BCUT2D eigenvalue weighted by molar-refractivity contribution is 6.06. The fourth-order valence-corrected chi connectivity index (χ4v) is 3.77. The monoisotopic (exact) mass is 469 g/mol. The van der Waals surface area contributed by atoms with E-state index in [9.17, 15) is 14.1 Å². The molecule has 2 N–H and O–H groups in total. The topological polar surface area (TPSA) is 96.1 Å². The minimum Gasteiger partial charge on any atom is -0.378 e. The van der Waals surface area contributed by atoms with Crippen LogP contribution in [0.3, 0.4) is 0 Å². The molecule has 0 saturated carbocycles. The van der Waals surface area contributed by atoms with Crippen molar-refractivity contribution in [3.8, 4) is 0 Å². The number of rotatable bonds is 4. The molecular formula is C23H28FN7O3. The highest BCUT2D eigenvalue weighted by Gasteiger charge is 2.34. The van der Waals surface area contributed by atoms with Crippen molar-refractivity contribution in [1.82, 2.24) is 30.2 Å². The van der Waals surface area contributed by atoms with Crippen LogP contribution in [0, 0.1) is 0 Å². The number of morpholine rings is 1. The van der Waals surface area contributed by atoms with Crippen LogP contribution in [0.15, 0.2) is 59.4 Å². The standard InChI is InChI=1S/C23H28FN7O3/c1-28-12-6-9-18(10-11-25-21(27-28)17-7-4-3-5-8-17)26-22(32)19-20(31(24)29(19)2)23(33)30-13-15-34-16-14-30/h3-8,10-12,21,27H,9,13-16H2,1-2H3,(H,26,32)/b12-6-,18-10+,25-11?. The summed E-state index contributed by atoms with van der Waals surface area (Å²) >= 11 is 0. The summed E-state index contributed by atoms with van der Waals surface area (Å²) in [5, 5.41) is 4.59. The molecule has 1 saturated heterocycles. The molecule has 1 aromatic carbocycles. The van der Waals surface area contributed by atoms with Gasteiger partial charge in [0.1, 0.15) is 6.17 Å². The third kappa shape index (κ3) is 5.10. The number of hydrogen-bond acceptors (Lipinski definition) is 6. The summed E-state index contributed by atoms with van der Waals surface area (Å²) in [4.78, 5) is 32.1. The molecule has 3 heterocycles. The van der Waals surface area contributed by atoms with E-state index in [0.29, 0.717) is 38.4 Å². The number of aliphatic imine (C=N–C) groups is 1. The lowest BCUT2D eigenvalue weighted by molar-refractivity contribution is 0.0264. The molecule has 2 aliphatic heterocycles. The summed E-state index contributed by atoms with van der Waals surface area (Å²) in [5.74, 6) is -1.10. The Bertz CT molecular complexity index is 1110. The molecule has 1 aromatic heterocycles. The number of hydrazine groups is 1. The molecule has 4 rings (SSSR count). The number of benzene rings is 1. The van der Waals surface area contributed by atoms with Gasteiger partial charge in [-0.05, 0) is 11.6 Å². The van der Waals surface area contributed by atoms with Crippen molar-refractivity contribution in [2.75, 3.05) is 33.4 Å². The molecule has 11 heteroatoms. The van der Waals surface area contributed by atoms with Crippen LogP contribution < -0.4 is 10.7 Å². The van der Waals surface area contributed by atoms with Crippen LogP contribution in [0.4, 0.5) is 4.48 Å². The average molecular weight is 470 g/mol. The number of carbonyl (C=O) groups is 2. The van der Waals surface area contributed by atoms with Crippen LogP contribution in [0.1, 0.15) is 39.1 Å². The summed E-state index contributed by atoms with van der Waals surface area (Å²) in [6, 6.07) is 9.76. The number of nitrogens with zero attached hydrogens (tertiary/aromatic N) is 5. The summed E-state index contributed by atoms with van der Waals surface area (Å²) < 4.78 is 20.7. The van der Waals surface area contributed by atoms with E-state index in [1.165, 1.54) is 11.9 Å².